The number of nitrogens with two attached hydrogens (primary N) is 1. The number of carbonyl (C=O) groups is 2. The highest BCUT2D eigenvalue weighted by atomic mass is 19.3. The van der Waals surface area contributed by atoms with Crippen molar-refractivity contribution in [1.82, 2.24) is 9.55 Å². The topological polar surface area (TPSA) is 99.7 Å². The largest absolute Gasteiger partial charge is 0.491 e. The summed E-state index contributed by atoms with van der Waals surface area (Å²) >= 11 is 0. The van der Waals surface area contributed by atoms with Crippen molar-refractivity contribution in [1.29, 1.82) is 0 Å². The van der Waals surface area contributed by atoms with Crippen LogP contribution in [0.15, 0.2) is 24.4 Å². The Morgan fingerprint density at radius 2 is 2.13 bits per heavy atom. The van der Waals surface area contributed by atoms with E-state index in [1.54, 1.807) is 22.8 Å². The monoisotopic (exact) mass is 424 g/mol. The highest BCUT2D eigenvalue weighted by Gasteiger charge is 2.42. The smallest absolute Gasteiger partial charge is 0.416 e. The van der Waals surface area contributed by atoms with E-state index in [2.05, 4.69) is 4.98 Å². The average Bonchev–Trinajstić information content (AvgIpc) is 3.25. The molecule has 2 N–H and O–H groups in total. The van der Waals surface area contributed by atoms with Crippen molar-refractivity contribution in [2.45, 2.75) is 25.4 Å². The van der Waals surface area contributed by atoms with E-state index in [9.17, 15) is 22.8 Å². The molecule has 1 aromatic heterocycles. The fourth-order valence-electron chi connectivity index (χ4n) is 3.56. The van der Waals surface area contributed by atoms with Crippen LogP contribution in [0.4, 0.5) is 23.8 Å². The third kappa shape index (κ3) is 3.55. The number of alkyl halides is 3. The lowest BCUT2D eigenvalue weighted by Gasteiger charge is -2.17. The molecule has 0 bridgehead atoms. The number of fused-ring (bicyclic) bond motifs is 3. The summed E-state index contributed by atoms with van der Waals surface area (Å²) in [6.45, 7) is -0.622. The van der Waals surface area contributed by atoms with E-state index in [1.807, 2.05) is 0 Å². The number of nitrogens with zero attached hydrogens (tertiary/aromatic N) is 3. The molecule has 1 saturated heterocycles. The summed E-state index contributed by atoms with van der Waals surface area (Å²) in [5.74, 6) is -0.691. The molecule has 2 aromatic rings. The molecule has 11 heteroatoms. The molecule has 2 atom stereocenters. The van der Waals surface area contributed by atoms with E-state index < -0.39 is 43.7 Å². The number of amides is 2. The maximum absolute atomic E-state index is 13.3. The zero-order valence-electron chi connectivity index (χ0n) is 15.8. The first-order valence-corrected chi connectivity index (χ1v) is 9.31. The molecule has 30 heavy (non-hydrogen) atoms. The first-order valence-electron chi connectivity index (χ1n) is 9.31. The van der Waals surface area contributed by atoms with Crippen LogP contribution in [0.3, 0.4) is 0 Å². The van der Waals surface area contributed by atoms with Crippen molar-refractivity contribution in [3.8, 4) is 17.1 Å². The molecule has 0 spiro atoms. The van der Waals surface area contributed by atoms with E-state index >= 15 is 0 Å². The molecule has 2 aliphatic rings. The van der Waals surface area contributed by atoms with Gasteiger partial charge in [0.15, 0.2) is 5.82 Å². The number of halogens is 3. The molecule has 0 saturated carbocycles. The van der Waals surface area contributed by atoms with Gasteiger partial charge in [-0.25, -0.2) is 23.5 Å². The second-order valence-corrected chi connectivity index (χ2v) is 7.10. The highest BCUT2D eigenvalue weighted by molar-refractivity contribution is 5.89. The van der Waals surface area contributed by atoms with Gasteiger partial charge >= 0.3 is 6.09 Å². The van der Waals surface area contributed by atoms with Gasteiger partial charge in [-0.15, -0.1) is 0 Å². The van der Waals surface area contributed by atoms with Gasteiger partial charge in [0, 0.05) is 6.20 Å². The van der Waals surface area contributed by atoms with E-state index in [0.29, 0.717) is 29.2 Å². The molecule has 1 aromatic carbocycles. The molecule has 0 aliphatic carbocycles. The number of primary amides is 1. The van der Waals surface area contributed by atoms with Gasteiger partial charge in [-0.2, -0.15) is 0 Å². The predicted octanol–water partition coefficient (Wildman–Crippen LogP) is 2.15. The second kappa shape index (κ2) is 7.88. The van der Waals surface area contributed by atoms with Gasteiger partial charge in [0.05, 0.1) is 18.0 Å². The second-order valence-electron chi connectivity index (χ2n) is 7.10. The van der Waals surface area contributed by atoms with Crippen molar-refractivity contribution < 1.29 is 32.2 Å². The summed E-state index contributed by atoms with van der Waals surface area (Å²) in [4.78, 5) is 28.5. The Kier molecular flexibility index (Phi) is 5.27. The standard InChI is InChI=1S/C19H19F3N4O4/c20-7-11(17(23)27)5-10-1-2-12-14(6-10)29-4-3-25-8-15(24-18(12)25)26-13(16(21)22)9-30-19(26)28/h1-2,6,8,11,13,16H,3-5,7,9H2,(H2,23,27)/t11-,13-/m0/s1. The van der Waals surface area contributed by atoms with Crippen LogP contribution in [0.1, 0.15) is 5.56 Å². The maximum Gasteiger partial charge on any atom is 0.416 e. The lowest BCUT2D eigenvalue weighted by atomic mass is 9.98. The number of hydrogen-bond donors (Lipinski definition) is 1. The lowest BCUT2D eigenvalue weighted by molar-refractivity contribution is -0.122. The molecule has 1 fully saturated rings. The zero-order valence-corrected chi connectivity index (χ0v) is 15.8. The third-order valence-corrected chi connectivity index (χ3v) is 5.15. The van der Waals surface area contributed by atoms with Crippen molar-refractivity contribution in [2.24, 2.45) is 11.7 Å². The number of carbonyl (C=O) groups excluding carboxylic acids is 2. The molecule has 3 heterocycles. The number of benzene rings is 1. The van der Waals surface area contributed by atoms with Crippen LogP contribution < -0.4 is 15.4 Å². The van der Waals surface area contributed by atoms with Crippen LogP contribution in [-0.4, -0.2) is 53.9 Å². The van der Waals surface area contributed by atoms with E-state index in [-0.39, 0.29) is 18.8 Å². The molecule has 0 unspecified atom stereocenters. The summed E-state index contributed by atoms with van der Waals surface area (Å²) in [7, 11) is 0. The van der Waals surface area contributed by atoms with E-state index in [0.717, 1.165) is 4.90 Å². The van der Waals surface area contributed by atoms with Gasteiger partial charge < -0.3 is 19.8 Å². The van der Waals surface area contributed by atoms with Crippen LogP contribution in [-0.2, 0) is 22.5 Å². The van der Waals surface area contributed by atoms with Crippen molar-refractivity contribution in [2.75, 3.05) is 24.8 Å². The van der Waals surface area contributed by atoms with Gasteiger partial charge in [0.25, 0.3) is 6.43 Å². The molecular weight excluding hydrogens is 405 g/mol. The zero-order chi connectivity index (χ0) is 21.4. The average molecular weight is 424 g/mol. The quantitative estimate of drug-likeness (QED) is 0.766. The summed E-state index contributed by atoms with van der Waals surface area (Å²) in [6.07, 6.45) is -2.01. The van der Waals surface area contributed by atoms with Crippen molar-refractivity contribution in [3.63, 3.8) is 0 Å². The fourth-order valence-corrected chi connectivity index (χ4v) is 3.56. The lowest BCUT2D eigenvalue weighted by Crippen LogP contribution is -2.38. The Labute approximate surface area is 169 Å². The van der Waals surface area contributed by atoms with Gasteiger partial charge in [-0.3, -0.25) is 9.18 Å². The predicted molar refractivity (Wildman–Crippen MR) is 99.1 cm³/mol. The minimum atomic E-state index is -2.77. The number of anilines is 1. The Morgan fingerprint density at radius 3 is 2.83 bits per heavy atom. The molecule has 2 amide bonds. The Morgan fingerprint density at radius 1 is 1.33 bits per heavy atom. The van der Waals surface area contributed by atoms with Gasteiger partial charge in [-0.05, 0) is 24.1 Å². The van der Waals surface area contributed by atoms with E-state index in [4.69, 9.17) is 15.2 Å². The summed E-state index contributed by atoms with van der Waals surface area (Å²) < 4.78 is 51.8. The molecule has 0 radical (unpaired) electrons. The highest BCUT2D eigenvalue weighted by Crippen LogP contribution is 2.36. The van der Waals surface area contributed by atoms with E-state index in [1.165, 1.54) is 6.20 Å². The maximum atomic E-state index is 13.3. The van der Waals surface area contributed by atoms with Crippen LogP contribution in [0.5, 0.6) is 5.75 Å². The minimum absolute atomic E-state index is 0.0703. The summed E-state index contributed by atoms with van der Waals surface area (Å²) in [5, 5.41) is 0. The number of aromatic nitrogens is 2. The Balaban J connectivity index is 1.67. The number of hydrogen-bond acceptors (Lipinski definition) is 5. The van der Waals surface area contributed by atoms with Crippen LogP contribution in [0.25, 0.3) is 11.4 Å². The SMILES string of the molecule is NC(=O)[C@H](CF)Cc1ccc2c(c1)OCCn1cc(N3C(=O)OC[C@H]3C(F)F)nc1-2. The Hall–Kier alpha value is -3.24. The number of imidazole rings is 1. The number of rotatable bonds is 6. The summed E-state index contributed by atoms with van der Waals surface area (Å²) in [6, 6.07) is 3.67. The molecule has 8 nitrogen and oxygen atoms in total. The fraction of sp³-hybridized carbons (Fsp3) is 0.421. The molecule has 4 rings (SSSR count). The first-order chi connectivity index (χ1) is 14.4. The summed E-state index contributed by atoms with van der Waals surface area (Å²) in [5.41, 5.74) is 6.45. The number of ether oxygens (including phenoxy) is 2. The van der Waals surface area contributed by atoms with Crippen molar-refractivity contribution >= 4 is 17.8 Å². The van der Waals surface area contributed by atoms with Gasteiger partial charge in [-0.1, -0.05) is 6.07 Å². The molecule has 160 valence electrons. The normalized spacial score (nSPS) is 19.0. The molecular formula is C19H19F3N4O4. The Bertz CT molecular complexity index is 981. The van der Waals surface area contributed by atoms with Gasteiger partial charge in [0.2, 0.25) is 5.91 Å². The van der Waals surface area contributed by atoms with Crippen LogP contribution in [0, 0.1) is 5.92 Å². The first kappa shape index (κ1) is 20.0. The van der Waals surface area contributed by atoms with Crippen LogP contribution in [0.2, 0.25) is 0 Å². The van der Waals surface area contributed by atoms with Crippen LogP contribution >= 0.6 is 0 Å². The number of cyclic esters (lactones) is 1. The van der Waals surface area contributed by atoms with Crippen molar-refractivity contribution in [3.05, 3.63) is 30.0 Å². The third-order valence-electron chi connectivity index (χ3n) is 5.15. The van der Waals surface area contributed by atoms with Gasteiger partial charge in [0.1, 0.15) is 37.5 Å². The minimum Gasteiger partial charge on any atom is -0.491 e. The molecule has 2 aliphatic heterocycles.